The SMILES string of the molecule is CC(=O)NC(CSN=O)C(=O)N1CCOCC1. The van der Waals surface area contributed by atoms with Crippen molar-refractivity contribution >= 4 is 23.8 Å². The van der Waals surface area contributed by atoms with E-state index in [2.05, 4.69) is 9.90 Å². The van der Waals surface area contributed by atoms with Gasteiger partial charge in [-0.2, -0.15) is 0 Å². The van der Waals surface area contributed by atoms with Gasteiger partial charge in [-0.25, -0.2) is 0 Å². The van der Waals surface area contributed by atoms with E-state index in [9.17, 15) is 14.5 Å². The van der Waals surface area contributed by atoms with Crippen molar-refractivity contribution in [2.75, 3.05) is 32.1 Å². The van der Waals surface area contributed by atoms with Gasteiger partial charge in [-0.15, -0.1) is 4.91 Å². The zero-order chi connectivity index (χ0) is 12.7. The maximum Gasteiger partial charge on any atom is 0.246 e. The smallest absolute Gasteiger partial charge is 0.246 e. The highest BCUT2D eigenvalue weighted by atomic mass is 32.2. The number of ether oxygens (including phenoxy) is 1. The molecule has 0 aromatic heterocycles. The highest BCUT2D eigenvalue weighted by Gasteiger charge is 2.26. The molecule has 0 saturated carbocycles. The number of amides is 2. The first-order valence-corrected chi connectivity index (χ1v) is 6.17. The van der Waals surface area contributed by atoms with Crippen molar-refractivity contribution in [2.24, 2.45) is 4.58 Å². The van der Waals surface area contributed by atoms with Crippen LogP contribution in [0.4, 0.5) is 0 Å². The zero-order valence-electron chi connectivity index (χ0n) is 9.55. The third kappa shape index (κ3) is 4.70. The van der Waals surface area contributed by atoms with Gasteiger partial charge in [-0.3, -0.25) is 9.59 Å². The maximum atomic E-state index is 12.0. The van der Waals surface area contributed by atoms with Crippen molar-refractivity contribution in [1.29, 1.82) is 0 Å². The summed E-state index contributed by atoms with van der Waals surface area (Å²) in [5.74, 6) is -0.345. The van der Waals surface area contributed by atoms with Crippen LogP contribution in [0.5, 0.6) is 0 Å². The van der Waals surface area contributed by atoms with Gasteiger partial charge < -0.3 is 15.0 Å². The van der Waals surface area contributed by atoms with Crippen molar-refractivity contribution in [2.45, 2.75) is 13.0 Å². The molecule has 0 radical (unpaired) electrons. The molecule has 1 saturated heterocycles. The predicted molar refractivity (Wildman–Crippen MR) is 63.3 cm³/mol. The third-order valence-corrected chi connectivity index (χ3v) is 2.88. The molecule has 0 aliphatic carbocycles. The molecule has 1 aliphatic heterocycles. The van der Waals surface area contributed by atoms with Gasteiger partial charge in [-0.05, 0) is 0 Å². The average Bonchev–Trinajstić information content (AvgIpc) is 2.34. The van der Waals surface area contributed by atoms with Crippen LogP contribution in [0.25, 0.3) is 0 Å². The first kappa shape index (κ1) is 13.9. The fourth-order valence-electron chi connectivity index (χ4n) is 1.53. The van der Waals surface area contributed by atoms with E-state index in [1.165, 1.54) is 6.92 Å². The van der Waals surface area contributed by atoms with Crippen molar-refractivity contribution in [3.05, 3.63) is 4.91 Å². The van der Waals surface area contributed by atoms with Gasteiger partial charge in [0.2, 0.25) is 11.8 Å². The number of carbonyl (C=O) groups excluding carboxylic acids is 2. The van der Waals surface area contributed by atoms with Gasteiger partial charge in [0.05, 0.1) is 13.2 Å². The summed E-state index contributed by atoms with van der Waals surface area (Å²) in [5, 5.41) is 2.52. The number of morpholine rings is 1. The Morgan fingerprint density at radius 3 is 2.65 bits per heavy atom. The van der Waals surface area contributed by atoms with Gasteiger partial charge >= 0.3 is 0 Å². The summed E-state index contributed by atoms with van der Waals surface area (Å²) in [4.78, 5) is 34.7. The first-order chi connectivity index (χ1) is 8.15. The monoisotopic (exact) mass is 261 g/mol. The molecule has 7 nitrogen and oxygen atoms in total. The van der Waals surface area contributed by atoms with E-state index >= 15 is 0 Å². The molecule has 1 N–H and O–H groups in total. The highest BCUT2D eigenvalue weighted by molar-refractivity contribution is 7.97. The van der Waals surface area contributed by atoms with Crippen molar-refractivity contribution in [3.8, 4) is 0 Å². The molecule has 1 fully saturated rings. The lowest BCUT2D eigenvalue weighted by molar-refractivity contribution is -0.138. The standard InChI is InChI=1S/C9H15N3O4S/c1-7(13)10-8(6-17-11-15)9(14)12-2-4-16-5-3-12/h8H,2-6H2,1H3,(H,10,13). The lowest BCUT2D eigenvalue weighted by Crippen LogP contribution is -2.52. The van der Waals surface area contributed by atoms with Crippen LogP contribution in [-0.2, 0) is 14.3 Å². The van der Waals surface area contributed by atoms with Gasteiger partial charge in [-0.1, -0.05) is 0 Å². The van der Waals surface area contributed by atoms with Crippen LogP contribution < -0.4 is 5.32 Å². The third-order valence-electron chi connectivity index (χ3n) is 2.29. The Hall–Kier alpha value is -1.15. The van der Waals surface area contributed by atoms with Crippen LogP contribution in [0.15, 0.2) is 4.58 Å². The van der Waals surface area contributed by atoms with Crippen LogP contribution in [0.1, 0.15) is 6.92 Å². The van der Waals surface area contributed by atoms with Crippen LogP contribution in [-0.4, -0.2) is 54.8 Å². The minimum atomic E-state index is -0.701. The van der Waals surface area contributed by atoms with Crippen molar-refractivity contribution in [1.82, 2.24) is 10.2 Å². The van der Waals surface area contributed by atoms with E-state index in [1.54, 1.807) is 4.90 Å². The average molecular weight is 261 g/mol. The molecule has 0 spiro atoms. The number of hydrogen-bond acceptors (Lipinski definition) is 6. The molecule has 2 amide bonds. The lowest BCUT2D eigenvalue weighted by atomic mass is 10.2. The number of rotatable bonds is 5. The zero-order valence-corrected chi connectivity index (χ0v) is 10.4. The lowest BCUT2D eigenvalue weighted by Gasteiger charge is -2.30. The molecule has 1 aliphatic rings. The molecule has 17 heavy (non-hydrogen) atoms. The summed E-state index contributed by atoms with van der Waals surface area (Å²) in [7, 11) is 0. The summed E-state index contributed by atoms with van der Waals surface area (Å²) >= 11 is 0.726. The van der Waals surface area contributed by atoms with Crippen molar-refractivity contribution < 1.29 is 14.3 Å². The summed E-state index contributed by atoms with van der Waals surface area (Å²) < 4.78 is 7.77. The molecule has 0 aromatic rings. The minimum absolute atomic E-state index is 0.152. The Morgan fingerprint density at radius 2 is 2.12 bits per heavy atom. The normalized spacial score (nSPS) is 17.4. The second-order valence-electron chi connectivity index (χ2n) is 3.56. The molecule has 96 valence electrons. The summed E-state index contributed by atoms with van der Waals surface area (Å²) in [6.07, 6.45) is 0. The largest absolute Gasteiger partial charge is 0.378 e. The highest BCUT2D eigenvalue weighted by Crippen LogP contribution is 2.08. The molecular formula is C9H15N3O4S. The molecule has 1 atom stereocenters. The summed E-state index contributed by atoms with van der Waals surface area (Å²) in [5.41, 5.74) is 0. The summed E-state index contributed by atoms with van der Waals surface area (Å²) in [6, 6.07) is -0.701. The number of nitroso groups, excluding NO2 is 1. The maximum absolute atomic E-state index is 12.0. The molecule has 1 rings (SSSR count). The number of hydrogen-bond donors (Lipinski definition) is 1. The van der Waals surface area contributed by atoms with Crippen LogP contribution >= 0.6 is 11.9 Å². The van der Waals surface area contributed by atoms with E-state index in [1.807, 2.05) is 0 Å². The van der Waals surface area contributed by atoms with Gasteiger partial charge in [0.1, 0.15) is 6.04 Å². The molecule has 0 aromatic carbocycles. The van der Waals surface area contributed by atoms with Crippen LogP contribution in [0.3, 0.4) is 0 Å². The van der Waals surface area contributed by atoms with E-state index < -0.39 is 6.04 Å². The molecule has 8 heteroatoms. The quantitative estimate of drug-likeness (QED) is 0.545. The minimum Gasteiger partial charge on any atom is -0.378 e. The van der Waals surface area contributed by atoms with Gasteiger partial charge in [0.15, 0.2) is 0 Å². The second-order valence-corrected chi connectivity index (χ2v) is 4.30. The first-order valence-electron chi connectivity index (χ1n) is 5.23. The summed E-state index contributed by atoms with van der Waals surface area (Å²) in [6.45, 7) is 3.34. The Kier molecular flexibility index (Phi) is 5.92. The molecular weight excluding hydrogens is 246 g/mol. The van der Waals surface area contributed by atoms with Gasteiger partial charge in [0.25, 0.3) is 0 Å². The Balaban J connectivity index is 2.56. The van der Waals surface area contributed by atoms with E-state index in [4.69, 9.17) is 4.74 Å². The predicted octanol–water partition coefficient (Wildman–Crippen LogP) is -0.236. The Labute approximate surface area is 103 Å². The molecule has 0 bridgehead atoms. The molecule has 1 heterocycles. The Bertz CT molecular complexity index is 294. The van der Waals surface area contributed by atoms with E-state index in [0.717, 1.165) is 11.9 Å². The van der Waals surface area contributed by atoms with Crippen molar-refractivity contribution in [3.63, 3.8) is 0 Å². The second kappa shape index (κ2) is 7.23. The topological polar surface area (TPSA) is 88.1 Å². The fraction of sp³-hybridized carbons (Fsp3) is 0.778. The Morgan fingerprint density at radius 1 is 1.47 bits per heavy atom. The van der Waals surface area contributed by atoms with Gasteiger partial charge in [0, 0.05) is 42.3 Å². The fourth-order valence-corrected chi connectivity index (χ4v) is 1.96. The number of nitrogens with zero attached hydrogens (tertiary/aromatic N) is 2. The van der Waals surface area contributed by atoms with Crippen LogP contribution in [0, 0.1) is 4.91 Å². The molecule has 1 unspecified atom stereocenters. The van der Waals surface area contributed by atoms with E-state index in [0.29, 0.717) is 26.3 Å². The van der Waals surface area contributed by atoms with E-state index in [-0.39, 0.29) is 17.6 Å². The number of nitrogens with one attached hydrogen (secondary N) is 1. The van der Waals surface area contributed by atoms with Crippen LogP contribution in [0.2, 0.25) is 0 Å². The number of carbonyl (C=O) groups is 2.